The van der Waals surface area contributed by atoms with Gasteiger partial charge in [0, 0.05) is 17.7 Å². The Labute approximate surface area is 128 Å². The van der Waals surface area contributed by atoms with Crippen molar-refractivity contribution in [3.8, 4) is 0 Å². The summed E-state index contributed by atoms with van der Waals surface area (Å²) in [7, 11) is 0. The summed E-state index contributed by atoms with van der Waals surface area (Å²) in [5.41, 5.74) is -0.0650. The van der Waals surface area contributed by atoms with Gasteiger partial charge in [-0.1, -0.05) is 0 Å². The maximum absolute atomic E-state index is 12.1. The Morgan fingerprint density at radius 3 is 2.67 bits per heavy atom. The number of carbonyl (C=O) groups is 2. The molecule has 0 aromatic heterocycles. The van der Waals surface area contributed by atoms with Crippen molar-refractivity contribution < 1.29 is 19.6 Å². The van der Waals surface area contributed by atoms with Gasteiger partial charge in [0.2, 0.25) is 0 Å². The molecule has 8 heteroatoms. The van der Waals surface area contributed by atoms with Gasteiger partial charge >= 0.3 is 5.97 Å². The van der Waals surface area contributed by atoms with E-state index in [2.05, 4.69) is 21.2 Å². The smallest absolute Gasteiger partial charge is 0.305 e. The number of aliphatic carboxylic acids is 1. The van der Waals surface area contributed by atoms with Gasteiger partial charge in [-0.3, -0.25) is 19.7 Å². The fourth-order valence-corrected chi connectivity index (χ4v) is 2.46. The van der Waals surface area contributed by atoms with Gasteiger partial charge in [0.1, 0.15) is 0 Å². The SMILES string of the molecule is O=C(O)CC(NC(=O)c1ccc(Br)c([N+](=O)[O-])c1)C1CC1. The number of amides is 1. The second-order valence-corrected chi connectivity index (χ2v) is 5.79. The van der Waals surface area contributed by atoms with Gasteiger partial charge in [-0.25, -0.2) is 0 Å². The number of carboxylic acids is 1. The molecule has 1 amide bonds. The van der Waals surface area contributed by atoms with E-state index in [9.17, 15) is 19.7 Å². The molecule has 2 N–H and O–H groups in total. The molecule has 7 nitrogen and oxygen atoms in total. The average Bonchev–Trinajstić information content (AvgIpc) is 3.21. The lowest BCUT2D eigenvalue weighted by Crippen LogP contribution is -2.38. The third-order valence-electron chi connectivity index (χ3n) is 3.31. The first kappa shape index (κ1) is 15.4. The predicted molar refractivity (Wildman–Crippen MR) is 77.0 cm³/mol. The number of carbonyl (C=O) groups excluding carboxylic acids is 1. The maximum atomic E-state index is 12.1. The van der Waals surface area contributed by atoms with E-state index >= 15 is 0 Å². The molecule has 0 radical (unpaired) electrons. The van der Waals surface area contributed by atoms with Crippen LogP contribution in [0.1, 0.15) is 29.6 Å². The van der Waals surface area contributed by atoms with E-state index in [-0.39, 0.29) is 28.1 Å². The third kappa shape index (κ3) is 4.01. The summed E-state index contributed by atoms with van der Waals surface area (Å²) in [6, 6.07) is 3.62. The quantitative estimate of drug-likeness (QED) is 0.600. The van der Waals surface area contributed by atoms with Crippen LogP contribution in [-0.4, -0.2) is 27.9 Å². The number of nitro benzene ring substituents is 1. The minimum atomic E-state index is -0.978. The van der Waals surface area contributed by atoms with E-state index in [1.54, 1.807) is 0 Å². The Hall–Kier alpha value is -1.96. The zero-order chi connectivity index (χ0) is 15.6. The summed E-state index contributed by atoms with van der Waals surface area (Å²) in [5.74, 6) is -1.30. The lowest BCUT2D eigenvalue weighted by molar-refractivity contribution is -0.385. The number of hydrogen-bond donors (Lipinski definition) is 2. The van der Waals surface area contributed by atoms with Gasteiger partial charge in [-0.05, 0) is 46.8 Å². The molecule has 2 rings (SSSR count). The molecule has 0 aliphatic heterocycles. The van der Waals surface area contributed by atoms with Crippen LogP contribution >= 0.6 is 15.9 Å². The molecule has 0 bridgehead atoms. The van der Waals surface area contributed by atoms with Crippen molar-refractivity contribution in [2.45, 2.75) is 25.3 Å². The van der Waals surface area contributed by atoms with Crippen LogP contribution in [0, 0.1) is 16.0 Å². The van der Waals surface area contributed by atoms with Crippen molar-refractivity contribution in [2.75, 3.05) is 0 Å². The Bertz CT molecular complexity index is 600. The third-order valence-corrected chi connectivity index (χ3v) is 3.98. The van der Waals surface area contributed by atoms with Crippen molar-refractivity contribution in [3.05, 3.63) is 38.3 Å². The highest BCUT2D eigenvalue weighted by atomic mass is 79.9. The molecule has 1 aromatic carbocycles. The van der Waals surface area contributed by atoms with Crippen LogP contribution < -0.4 is 5.32 Å². The minimum absolute atomic E-state index is 0.140. The monoisotopic (exact) mass is 356 g/mol. The molecule has 112 valence electrons. The number of rotatable bonds is 6. The molecular weight excluding hydrogens is 344 g/mol. The topological polar surface area (TPSA) is 110 Å². The summed E-state index contributed by atoms with van der Waals surface area (Å²) in [5, 5.41) is 22.4. The van der Waals surface area contributed by atoms with Crippen LogP contribution in [0.2, 0.25) is 0 Å². The normalized spacial score (nSPS) is 15.3. The molecule has 0 heterocycles. The molecule has 1 fully saturated rings. The van der Waals surface area contributed by atoms with E-state index in [1.165, 1.54) is 18.2 Å². The van der Waals surface area contributed by atoms with Gasteiger partial charge in [-0.15, -0.1) is 0 Å². The van der Waals surface area contributed by atoms with Crippen molar-refractivity contribution in [1.29, 1.82) is 0 Å². The highest BCUT2D eigenvalue weighted by molar-refractivity contribution is 9.10. The fraction of sp³-hybridized carbons (Fsp3) is 0.385. The second kappa shape index (κ2) is 6.21. The fourth-order valence-electron chi connectivity index (χ4n) is 2.07. The molecule has 1 aromatic rings. The van der Waals surface area contributed by atoms with Crippen LogP contribution in [0.4, 0.5) is 5.69 Å². The lowest BCUT2D eigenvalue weighted by atomic mass is 10.1. The number of benzene rings is 1. The average molecular weight is 357 g/mol. The first-order valence-electron chi connectivity index (χ1n) is 6.35. The van der Waals surface area contributed by atoms with Gasteiger partial charge in [0.05, 0.1) is 15.8 Å². The van der Waals surface area contributed by atoms with Gasteiger partial charge in [-0.2, -0.15) is 0 Å². The zero-order valence-corrected chi connectivity index (χ0v) is 12.5. The second-order valence-electron chi connectivity index (χ2n) is 4.94. The van der Waals surface area contributed by atoms with E-state index in [0.29, 0.717) is 0 Å². The molecule has 1 atom stereocenters. The van der Waals surface area contributed by atoms with Crippen LogP contribution in [-0.2, 0) is 4.79 Å². The van der Waals surface area contributed by atoms with Crippen molar-refractivity contribution in [1.82, 2.24) is 5.32 Å². The zero-order valence-electron chi connectivity index (χ0n) is 10.9. The van der Waals surface area contributed by atoms with Gasteiger partial charge < -0.3 is 10.4 Å². The minimum Gasteiger partial charge on any atom is -0.481 e. The van der Waals surface area contributed by atoms with Crippen LogP contribution in [0.25, 0.3) is 0 Å². The lowest BCUT2D eigenvalue weighted by Gasteiger charge is -2.16. The van der Waals surface area contributed by atoms with Crippen molar-refractivity contribution in [3.63, 3.8) is 0 Å². The highest BCUT2D eigenvalue weighted by Gasteiger charge is 2.34. The van der Waals surface area contributed by atoms with Gasteiger partial charge in [0.25, 0.3) is 11.6 Å². The highest BCUT2D eigenvalue weighted by Crippen LogP contribution is 2.34. The molecule has 1 aliphatic rings. The number of halogens is 1. The van der Waals surface area contributed by atoms with E-state index < -0.39 is 22.8 Å². The Kier molecular flexibility index (Phi) is 4.56. The molecule has 1 unspecified atom stereocenters. The summed E-state index contributed by atoms with van der Waals surface area (Å²) >= 11 is 3.05. The predicted octanol–water partition coefficient (Wildman–Crippen LogP) is 2.34. The maximum Gasteiger partial charge on any atom is 0.305 e. The molecule has 0 saturated heterocycles. The molecular formula is C13H13BrN2O5. The first-order valence-corrected chi connectivity index (χ1v) is 7.14. The Balaban J connectivity index is 2.13. The van der Waals surface area contributed by atoms with Crippen LogP contribution in [0.5, 0.6) is 0 Å². The Morgan fingerprint density at radius 1 is 1.48 bits per heavy atom. The van der Waals surface area contributed by atoms with E-state index in [1.807, 2.05) is 0 Å². The summed E-state index contributed by atoms with van der Waals surface area (Å²) < 4.78 is 0.285. The Morgan fingerprint density at radius 2 is 2.14 bits per heavy atom. The molecule has 0 spiro atoms. The largest absolute Gasteiger partial charge is 0.481 e. The molecule has 1 aliphatic carbocycles. The molecule has 21 heavy (non-hydrogen) atoms. The van der Waals surface area contributed by atoms with E-state index in [4.69, 9.17) is 5.11 Å². The molecule has 1 saturated carbocycles. The van der Waals surface area contributed by atoms with Gasteiger partial charge in [0.15, 0.2) is 0 Å². The number of nitrogens with one attached hydrogen (secondary N) is 1. The van der Waals surface area contributed by atoms with Crippen LogP contribution in [0.3, 0.4) is 0 Å². The summed E-state index contributed by atoms with van der Waals surface area (Å²) in [6.07, 6.45) is 1.63. The summed E-state index contributed by atoms with van der Waals surface area (Å²) in [4.78, 5) is 33.2. The first-order chi connectivity index (χ1) is 9.88. The summed E-state index contributed by atoms with van der Waals surface area (Å²) in [6.45, 7) is 0. The number of carboxylic acid groups (broad SMARTS) is 1. The van der Waals surface area contributed by atoms with Crippen LogP contribution in [0.15, 0.2) is 22.7 Å². The van der Waals surface area contributed by atoms with E-state index in [0.717, 1.165) is 12.8 Å². The number of hydrogen-bond acceptors (Lipinski definition) is 4. The number of nitrogens with zero attached hydrogens (tertiary/aromatic N) is 1. The standard InChI is InChI=1S/C13H13BrN2O5/c14-9-4-3-8(5-11(9)16(20)21)13(19)15-10(6-12(17)18)7-1-2-7/h3-5,7,10H,1-2,6H2,(H,15,19)(H,17,18). The van der Waals surface area contributed by atoms with Crippen molar-refractivity contribution in [2.24, 2.45) is 5.92 Å². The van der Waals surface area contributed by atoms with Crippen molar-refractivity contribution >= 4 is 33.5 Å². The number of nitro groups is 1.